The SMILES string of the molecule is CN(c1cncc(-c2cccc(OC(F)(F)CF)c2)n1)C1CCNC1. The summed E-state index contributed by atoms with van der Waals surface area (Å²) in [4.78, 5) is 10.8. The van der Waals surface area contributed by atoms with Crippen LogP contribution in [0.3, 0.4) is 0 Å². The molecular formula is C17H19F3N4O. The lowest BCUT2D eigenvalue weighted by Gasteiger charge is -2.24. The van der Waals surface area contributed by atoms with Gasteiger partial charge in [-0.25, -0.2) is 9.37 Å². The largest absolute Gasteiger partial charge is 0.431 e. The van der Waals surface area contributed by atoms with Gasteiger partial charge in [-0.1, -0.05) is 12.1 Å². The predicted octanol–water partition coefficient (Wildman–Crippen LogP) is 2.88. The molecule has 5 nitrogen and oxygen atoms in total. The van der Waals surface area contributed by atoms with Crippen LogP contribution in [-0.4, -0.2) is 48.9 Å². The standard InChI is InChI=1S/C17H19F3N4O/c1-24(13-5-6-21-8-13)16-10-22-9-15(23-16)12-3-2-4-14(7-12)25-17(19,20)11-18/h2-4,7,9-10,13,21H,5-6,8,11H2,1H3. The topological polar surface area (TPSA) is 50.3 Å². The molecule has 2 aromatic rings. The molecule has 1 aliphatic rings. The summed E-state index contributed by atoms with van der Waals surface area (Å²) in [5.74, 6) is 0.576. The maximum absolute atomic E-state index is 13.1. The Kier molecular flexibility index (Phi) is 5.08. The maximum atomic E-state index is 13.1. The molecule has 0 amide bonds. The molecule has 8 heteroatoms. The van der Waals surface area contributed by atoms with Gasteiger partial charge < -0.3 is 15.0 Å². The first-order valence-corrected chi connectivity index (χ1v) is 7.97. The van der Waals surface area contributed by atoms with Crippen molar-refractivity contribution in [2.45, 2.75) is 18.6 Å². The molecule has 1 N–H and O–H groups in total. The Labute approximate surface area is 143 Å². The zero-order valence-corrected chi connectivity index (χ0v) is 13.8. The molecule has 0 saturated carbocycles. The van der Waals surface area contributed by atoms with Gasteiger partial charge in [0.05, 0.1) is 18.1 Å². The third kappa shape index (κ3) is 4.19. The van der Waals surface area contributed by atoms with Crippen LogP contribution >= 0.6 is 0 Å². The van der Waals surface area contributed by atoms with Crippen LogP contribution in [0.1, 0.15) is 6.42 Å². The van der Waals surface area contributed by atoms with Crippen LogP contribution in [0.5, 0.6) is 5.75 Å². The molecule has 0 bridgehead atoms. The molecule has 1 unspecified atom stereocenters. The number of rotatable bonds is 6. The van der Waals surface area contributed by atoms with E-state index in [4.69, 9.17) is 0 Å². The summed E-state index contributed by atoms with van der Waals surface area (Å²) in [7, 11) is 1.95. The van der Waals surface area contributed by atoms with Crippen molar-refractivity contribution in [1.29, 1.82) is 0 Å². The van der Waals surface area contributed by atoms with Gasteiger partial charge in [0.2, 0.25) is 0 Å². The van der Waals surface area contributed by atoms with E-state index in [0.717, 1.165) is 19.5 Å². The van der Waals surface area contributed by atoms with E-state index >= 15 is 0 Å². The van der Waals surface area contributed by atoms with E-state index in [1.165, 1.54) is 12.1 Å². The maximum Gasteiger partial charge on any atom is 0.427 e. The van der Waals surface area contributed by atoms with Gasteiger partial charge in [-0.3, -0.25) is 4.98 Å². The normalized spacial score (nSPS) is 17.5. The summed E-state index contributed by atoms with van der Waals surface area (Å²) in [6.45, 7) is -0.0406. The van der Waals surface area contributed by atoms with Gasteiger partial charge in [-0.2, -0.15) is 8.78 Å². The van der Waals surface area contributed by atoms with Crippen LogP contribution in [0.25, 0.3) is 11.3 Å². The molecule has 0 radical (unpaired) electrons. The van der Waals surface area contributed by atoms with Crippen LogP contribution in [-0.2, 0) is 0 Å². The van der Waals surface area contributed by atoms with Gasteiger partial charge in [-0.15, -0.1) is 0 Å². The monoisotopic (exact) mass is 352 g/mol. The molecule has 2 heterocycles. The van der Waals surface area contributed by atoms with Gasteiger partial charge in [0, 0.05) is 25.2 Å². The van der Waals surface area contributed by atoms with Crippen molar-refractivity contribution < 1.29 is 17.9 Å². The fraction of sp³-hybridized carbons (Fsp3) is 0.412. The number of nitrogens with one attached hydrogen (secondary N) is 1. The Balaban J connectivity index is 1.83. The summed E-state index contributed by atoms with van der Waals surface area (Å²) in [6, 6.07) is 6.35. The van der Waals surface area contributed by atoms with E-state index in [-0.39, 0.29) is 5.75 Å². The fourth-order valence-electron chi connectivity index (χ4n) is 2.74. The van der Waals surface area contributed by atoms with Crippen LogP contribution in [0.2, 0.25) is 0 Å². The molecule has 1 aliphatic heterocycles. The molecule has 1 atom stereocenters. The average Bonchev–Trinajstić information content (AvgIpc) is 3.16. The number of ether oxygens (including phenoxy) is 1. The minimum absolute atomic E-state index is 0.124. The predicted molar refractivity (Wildman–Crippen MR) is 88.7 cm³/mol. The minimum atomic E-state index is -3.85. The average molecular weight is 352 g/mol. The third-order valence-corrected chi connectivity index (χ3v) is 4.12. The molecule has 134 valence electrons. The van der Waals surface area contributed by atoms with E-state index < -0.39 is 12.8 Å². The molecule has 0 spiro atoms. The molecule has 3 rings (SSSR count). The summed E-state index contributed by atoms with van der Waals surface area (Å²) < 4.78 is 42.8. The van der Waals surface area contributed by atoms with Crippen molar-refractivity contribution in [3.05, 3.63) is 36.7 Å². The Morgan fingerprint density at radius 3 is 2.92 bits per heavy atom. The first-order valence-electron chi connectivity index (χ1n) is 7.97. The minimum Gasteiger partial charge on any atom is -0.431 e. The first-order chi connectivity index (χ1) is 12.0. The third-order valence-electron chi connectivity index (χ3n) is 4.12. The van der Waals surface area contributed by atoms with Gasteiger partial charge in [-0.05, 0) is 25.1 Å². The van der Waals surface area contributed by atoms with E-state index in [1.54, 1.807) is 24.5 Å². The van der Waals surface area contributed by atoms with Crippen molar-refractivity contribution in [3.63, 3.8) is 0 Å². The van der Waals surface area contributed by atoms with Crippen LogP contribution < -0.4 is 15.0 Å². The highest BCUT2D eigenvalue weighted by Crippen LogP contribution is 2.27. The zero-order valence-electron chi connectivity index (χ0n) is 13.8. The summed E-state index contributed by atoms with van der Waals surface area (Å²) in [5, 5.41) is 3.30. The molecular weight excluding hydrogens is 333 g/mol. The lowest BCUT2D eigenvalue weighted by Crippen LogP contribution is -2.34. The molecule has 1 saturated heterocycles. The highest BCUT2D eigenvalue weighted by molar-refractivity contribution is 5.62. The lowest BCUT2D eigenvalue weighted by molar-refractivity contribution is -0.186. The first kappa shape index (κ1) is 17.5. The van der Waals surface area contributed by atoms with Gasteiger partial charge in [0.15, 0.2) is 6.67 Å². The summed E-state index contributed by atoms with van der Waals surface area (Å²) in [6.07, 6.45) is 0.391. The number of alkyl halides is 3. The van der Waals surface area contributed by atoms with Crippen molar-refractivity contribution >= 4 is 5.82 Å². The number of likely N-dealkylation sites (N-methyl/N-ethyl adjacent to an activating group) is 1. The van der Waals surface area contributed by atoms with Crippen molar-refractivity contribution in [1.82, 2.24) is 15.3 Å². The van der Waals surface area contributed by atoms with E-state index in [0.29, 0.717) is 23.1 Å². The van der Waals surface area contributed by atoms with E-state index in [1.807, 2.05) is 11.9 Å². The molecule has 1 aromatic carbocycles. The number of hydrogen-bond donors (Lipinski definition) is 1. The van der Waals surface area contributed by atoms with Crippen LogP contribution in [0.15, 0.2) is 36.7 Å². The second kappa shape index (κ2) is 7.26. The van der Waals surface area contributed by atoms with E-state index in [9.17, 15) is 13.2 Å². The second-order valence-electron chi connectivity index (χ2n) is 5.92. The zero-order chi connectivity index (χ0) is 17.9. The van der Waals surface area contributed by atoms with Crippen molar-refractivity contribution in [2.75, 3.05) is 31.7 Å². The van der Waals surface area contributed by atoms with Gasteiger partial charge >= 0.3 is 6.11 Å². The number of nitrogens with zero attached hydrogens (tertiary/aromatic N) is 3. The smallest absolute Gasteiger partial charge is 0.427 e. The Hall–Kier alpha value is -2.35. The summed E-state index contributed by atoms with van der Waals surface area (Å²) >= 11 is 0. The highest BCUT2D eigenvalue weighted by atomic mass is 19.3. The Morgan fingerprint density at radius 2 is 2.20 bits per heavy atom. The number of hydrogen-bond acceptors (Lipinski definition) is 5. The lowest BCUT2D eigenvalue weighted by atomic mass is 10.1. The number of halogens is 3. The quantitative estimate of drug-likeness (QED) is 0.866. The second-order valence-corrected chi connectivity index (χ2v) is 5.92. The summed E-state index contributed by atoms with van der Waals surface area (Å²) in [5.41, 5.74) is 1.10. The van der Waals surface area contributed by atoms with Gasteiger partial charge in [0.25, 0.3) is 0 Å². The molecule has 25 heavy (non-hydrogen) atoms. The van der Waals surface area contributed by atoms with Crippen LogP contribution in [0, 0.1) is 0 Å². The number of aromatic nitrogens is 2. The Morgan fingerprint density at radius 1 is 1.36 bits per heavy atom. The van der Waals surface area contributed by atoms with Crippen molar-refractivity contribution in [2.24, 2.45) is 0 Å². The van der Waals surface area contributed by atoms with Crippen LogP contribution in [0.4, 0.5) is 19.0 Å². The van der Waals surface area contributed by atoms with E-state index in [2.05, 4.69) is 20.0 Å². The highest BCUT2D eigenvalue weighted by Gasteiger charge is 2.31. The Bertz CT molecular complexity index is 723. The number of anilines is 1. The van der Waals surface area contributed by atoms with Crippen molar-refractivity contribution in [3.8, 4) is 17.0 Å². The molecule has 1 fully saturated rings. The fourth-order valence-corrected chi connectivity index (χ4v) is 2.74. The van der Waals surface area contributed by atoms with Gasteiger partial charge in [0.1, 0.15) is 11.6 Å². The molecule has 0 aliphatic carbocycles. The molecule has 1 aromatic heterocycles. The number of benzene rings is 1.